The Morgan fingerprint density at radius 1 is 1.24 bits per heavy atom. The summed E-state index contributed by atoms with van der Waals surface area (Å²) in [6, 6.07) is 9.72. The molecule has 0 saturated carbocycles. The Morgan fingerprint density at radius 2 is 1.96 bits per heavy atom. The van der Waals surface area contributed by atoms with Gasteiger partial charge in [0, 0.05) is 19.0 Å². The fourth-order valence-electron chi connectivity index (χ4n) is 3.73. The highest BCUT2D eigenvalue weighted by molar-refractivity contribution is 5.94. The summed E-state index contributed by atoms with van der Waals surface area (Å²) in [6.45, 7) is 5.24. The lowest BCUT2D eigenvalue weighted by Crippen LogP contribution is -2.56. The Balaban J connectivity index is 1.46. The number of likely N-dealkylation sites (tertiary alicyclic amines) is 1. The van der Waals surface area contributed by atoms with Crippen LogP contribution in [0.4, 0.5) is 0 Å². The third-order valence-corrected chi connectivity index (χ3v) is 4.89. The lowest BCUT2D eigenvalue weighted by molar-refractivity contribution is -0.00927. The normalized spacial score (nSPS) is 23.1. The summed E-state index contributed by atoms with van der Waals surface area (Å²) in [5, 5.41) is 4.49. The van der Waals surface area contributed by atoms with Crippen molar-refractivity contribution >= 4 is 5.91 Å². The van der Waals surface area contributed by atoms with E-state index in [2.05, 4.69) is 5.10 Å². The number of fused-ring (bicyclic) bond motifs is 1. The van der Waals surface area contributed by atoms with Crippen LogP contribution < -0.4 is 4.74 Å². The van der Waals surface area contributed by atoms with Crippen LogP contribution in [0.25, 0.3) is 0 Å². The van der Waals surface area contributed by atoms with E-state index in [0.717, 1.165) is 23.4 Å². The van der Waals surface area contributed by atoms with Crippen LogP contribution in [-0.4, -0.2) is 45.9 Å². The van der Waals surface area contributed by atoms with Crippen molar-refractivity contribution in [2.45, 2.75) is 38.6 Å². The number of aromatic nitrogens is 2. The summed E-state index contributed by atoms with van der Waals surface area (Å²) in [6.07, 6.45) is 0.839. The van der Waals surface area contributed by atoms with Crippen LogP contribution in [0.15, 0.2) is 30.3 Å². The van der Waals surface area contributed by atoms with E-state index >= 15 is 0 Å². The molecule has 0 N–H and O–H groups in total. The molecule has 1 aromatic heterocycles. The van der Waals surface area contributed by atoms with Crippen molar-refractivity contribution in [3.63, 3.8) is 0 Å². The van der Waals surface area contributed by atoms with Gasteiger partial charge in [-0.3, -0.25) is 9.48 Å². The third kappa shape index (κ3) is 2.91. The molecular formula is C19H23N3O3. The molecule has 2 aliphatic rings. The van der Waals surface area contributed by atoms with Crippen molar-refractivity contribution in [3.05, 3.63) is 47.3 Å². The molecule has 1 fully saturated rings. The van der Waals surface area contributed by atoms with Crippen LogP contribution in [0.5, 0.6) is 5.75 Å². The summed E-state index contributed by atoms with van der Waals surface area (Å²) >= 11 is 0. The van der Waals surface area contributed by atoms with Crippen LogP contribution in [-0.2, 0) is 18.2 Å². The molecule has 0 bridgehead atoms. The van der Waals surface area contributed by atoms with Crippen LogP contribution in [0.2, 0.25) is 0 Å². The minimum absolute atomic E-state index is 0.00828. The van der Waals surface area contributed by atoms with Gasteiger partial charge in [0.25, 0.3) is 5.91 Å². The number of benzene rings is 1. The SMILES string of the molecule is C[C@@H]1Cc2c(C(=O)N3CC(Oc4ccccc4)C3)nn(C)c2[C@H](C)O1. The van der Waals surface area contributed by atoms with Gasteiger partial charge in [0.05, 0.1) is 31.0 Å². The van der Waals surface area contributed by atoms with Gasteiger partial charge in [-0.15, -0.1) is 0 Å². The molecule has 0 radical (unpaired) electrons. The van der Waals surface area contributed by atoms with Gasteiger partial charge in [-0.05, 0) is 26.0 Å². The molecule has 0 spiro atoms. The van der Waals surface area contributed by atoms with Crippen molar-refractivity contribution in [1.29, 1.82) is 0 Å². The molecule has 2 aromatic rings. The minimum atomic E-state index is -0.0386. The minimum Gasteiger partial charge on any atom is -0.487 e. The number of hydrogen-bond donors (Lipinski definition) is 0. The Hall–Kier alpha value is -2.34. The summed E-state index contributed by atoms with van der Waals surface area (Å²) in [4.78, 5) is 14.7. The second kappa shape index (κ2) is 6.19. The lowest BCUT2D eigenvalue weighted by atomic mass is 9.98. The van der Waals surface area contributed by atoms with E-state index in [-0.39, 0.29) is 24.2 Å². The molecule has 2 aliphatic heterocycles. The van der Waals surface area contributed by atoms with Gasteiger partial charge in [-0.1, -0.05) is 18.2 Å². The molecule has 1 amide bonds. The molecule has 0 unspecified atom stereocenters. The van der Waals surface area contributed by atoms with Crippen molar-refractivity contribution in [3.8, 4) is 5.75 Å². The van der Waals surface area contributed by atoms with Crippen LogP contribution >= 0.6 is 0 Å². The van der Waals surface area contributed by atoms with Crippen molar-refractivity contribution in [1.82, 2.24) is 14.7 Å². The van der Waals surface area contributed by atoms with E-state index < -0.39 is 0 Å². The quantitative estimate of drug-likeness (QED) is 0.860. The molecule has 4 rings (SSSR count). The first-order valence-corrected chi connectivity index (χ1v) is 8.75. The maximum absolute atomic E-state index is 12.9. The maximum Gasteiger partial charge on any atom is 0.274 e. The molecular weight excluding hydrogens is 318 g/mol. The van der Waals surface area contributed by atoms with Gasteiger partial charge in [0.2, 0.25) is 0 Å². The van der Waals surface area contributed by atoms with Crippen molar-refractivity contribution in [2.24, 2.45) is 7.05 Å². The number of ether oxygens (including phenoxy) is 2. The maximum atomic E-state index is 12.9. The Labute approximate surface area is 147 Å². The van der Waals surface area contributed by atoms with Crippen LogP contribution in [0.3, 0.4) is 0 Å². The van der Waals surface area contributed by atoms with Crippen molar-refractivity contribution < 1.29 is 14.3 Å². The molecule has 0 aliphatic carbocycles. The van der Waals surface area contributed by atoms with Gasteiger partial charge >= 0.3 is 0 Å². The number of rotatable bonds is 3. The highest BCUT2D eigenvalue weighted by Crippen LogP contribution is 2.32. The van der Waals surface area contributed by atoms with Gasteiger partial charge in [-0.2, -0.15) is 5.10 Å². The van der Waals surface area contributed by atoms with Crippen molar-refractivity contribution in [2.75, 3.05) is 13.1 Å². The number of carbonyl (C=O) groups excluding carboxylic acids is 1. The zero-order chi connectivity index (χ0) is 17.6. The number of para-hydroxylation sites is 1. The number of amides is 1. The van der Waals surface area contributed by atoms with Gasteiger partial charge in [0.15, 0.2) is 5.69 Å². The average molecular weight is 341 g/mol. The smallest absolute Gasteiger partial charge is 0.274 e. The van der Waals surface area contributed by atoms with E-state index in [9.17, 15) is 4.79 Å². The van der Waals surface area contributed by atoms with E-state index in [0.29, 0.717) is 18.8 Å². The second-order valence-electron chi connectivity index (χ2n) is 6.89. The lowest BCUT2D eigenvalue weighted by Gasteiger charge is -2.38. The second-order valence-corrected chi connectivity index (χ2v) is 6.89. The van der Waals surface area contributed by atoms with E-state index in [1.807, 2.05) is 51.2 Å². The number of nitrogens with zero attached hydrogens (tertiary/aromatic N) is 3. The highest BCUT2D eigenvalue weighted by Gasteiger charge is 2.38. The standard InChI is InChI=1S/C19H23N3O3/c1-12-9-16-17(20-21(3)18(16)13(2)24-12)19(23)22-10-15(11-22)25-14-7-5-4-6-8-14/h4-8,12-13,15H,9-11H2,1-3H3/t12-,13+/m1/s1. The Morgan fingerprint density at radius 3 is 2.68 bits per heavy atom. The van der Waals surface area contributed by atoms with Crippen LogP contribution in [0.1, 0.15) is 41.7 Å². The molecule has 2 atom stereocenters. The summed E-state index contributed by atoms with van der Waals surface area (Å²) in [7, 11) is 1.88. The largest absolute Gasteiger partial charge is 0.487 e. The first-order chi connectivity index (χ1) is 12.0. The predicted octanol–water partition coefficient (Wildman–Crippen LogP) is 2.35. The molecule has 6 heteroatoms. The first-order valence-electron chi connectivity index (χ1n) is 8.75. The van der Waals surface area contributed by atoms with E-state index in [1.165, 1.54) is 0 Å². The molecule has 1 aromatic carbocycles. The molecule has 3 heterocycles. The predicted molar refractivity (Wildman–Crippen MR) is 92.6 cm³/mol. The van der Waals surface area contributed by atoms with E-state index in [4.69, 9.17) is 9.47 Å². The Kier molecular flexibility index (Phi) is 4.00. The number of aryl methyl sites for hydroxylation is 1. The van der Waals surface area contributed by atoms with E-state index in [1.54, 1.807) is 9.58 Å². The molecule has 1 saturated heterocycles. The summed E-state index contributed by atoms with van der Waals surface area (Å²) in [5.41, 5.74) is 2.61. The van der Waals surface area contributed by atoms with Gasteiger partial charge in [0.1, 0.15) is 11.9 Å². The zero-order valence-corrected chi connectivity index (χ0v) is 14.8. The molecule has 132 valence electrons. The van der Waals surface area contributed by atoms with Gasteiger partial charge in [-0.25, -0.2) is 0 Å². The third-order valence-electron chi connectivity index (χ3n) is 4.89. The first kappa shape index (κ1) is 16.1. The highest BCUT2D eigenvalue weighted by atomic mass is 16.5. The number of carbonyl (C=O) groups is 1. The fraction of sp³-hybridized carbons (Fsp3) is 0.474. The topological polar surface area (TPSA) is 56.6 Å². The monoisotopic (exact) mass is 341 g/mol. The average Bonchev–Trinajstić information content (AvgIpc) is 2.88. The molecule has 6 nitrogen and oxygen atoms in total. The zero-order valence-electron chi connectivity index (χ0n) is 14.8. The van der Waals surface area contributed by atoms with Gasteiger partial charge < -0.3 is 14.4 Å². The summed E-state index contributed by atoms with van der Waals surface area (Å²) < 4.78 is 13.5. The molecule has 25 heavy (non-hydrogen) atoms. The fourth-order valence-corrected chi connectivity index (χ4v) is 3.73. The van der Waals surface area contributed by atoms with Crippen LogP contribution in [0, 0.1) is 0 Å². The Bertz CT molecular complexity index is 781. The number of hydrogen-bond acceptors (Lipinski definition) is 4. The summed E-state index contributed by atoms with van der Waals surface area (Å²) in [5.74, 6) is 0.834.